The third kappa shape index (κ3) is 4.88. The molecule has 152 valence electrons. The van der Waals surface area contributed by atoms with Crippen molar-refractivity contribution >= 4 is 7.60 Å². The van der Waals surface area contributed by atoms with Gasteiger partial charge in [-0.05, 0) is 11.1 Å². The van der Waals surface area contributed by atoms with Gasteiger partial charge in [0.1, 0.15) is 18.3 Å². The number of aliphatic hydroxyl groups is 2. The molecule has 2 N–H and O–H groups in total. The molecule has 0 amide bonds. The van der Waals surface area contributed by atoms with Gasteiger partial charge in [0, 0.05) is 7.11 Å². The summed E-state index contributed by atoms with van der Waals surface area (Å²) in [7, 11) is -2.69. The molecule has 0 spiro atoms. The van der Waals surface area contributed by atoms with E-state index in [1.807, 2.05) is 60.7 Å². The SMILES string of the molecule is CO[P@@]1(=O)O[C@H](CO)[C@@H](OCc2ccccc2)[C@H](OCc2ccccc2)[C@@H]1O. The van der Waals surface area contributed by atoms with Gasteiger partial charge in [0.05, 0.1) is 19.8 Å². The third-order valence-corrected chi connectivity index (χ3v) is 6.61. The van der Waals surface area contributed by atoms with Crippen LogP contribution in [-0.2, 0) is 36.3 Å². The zero-order valence-electron chi connectivity index (χ0n) is 15.6. The fraction of sp³-hybridized carbons (Fsp3) is 0.400. The first kappa shape index (κ1) is 21.1. The predicted octanol–water partition coefficient (Wildman–Crippen LogP) is 2.71. The van der Waals surface area contributed by atoms with Crippen molar-refractivity contribution in [2.24, 2.45) is 0 Å². The Bertz CT molecular complexity index is 771. The number of hydrogen-bond acceptors (Lipinski definition) is 7. The second-order valence-electron chi connectivity index (χ2n) is 6.48. The van der Waals surface area contributed by atoms with E-state index in [2.05, 4.69) is 0 Å². The maximum Gasteiger partial charge on any atom is 0.361 e. The maximum atomic E-state index is 12.8. The number of hydrogen-bond donors (Lipinski definition) is 2. The van der Waals surface area contributed by atoms with E-state index in [0.717, 1.165) is 11.1 Å². The largest absolute Gasteiger partial charge is 0.394 e. The van der Waals surface area contributed by atoms with Crippen LogP contribution in [0.5, 0.6) is 0 Å². The molecule has 0 saturated carbocycles. The Hall–Kier alpha value is -1.57. The third-order valence-electron chi connectivity index (χ3n) is 4.60. The van der Waals surface area contributed by atoms with E-state index in [1.165, 1.54) is 7.11 Å². The first-order valence-corrected chi connectivity index (χ1v) is 10.6. The molecule has 28 heavy (non-hydrogen) atoms. The van der Waals surface area contributed by atoms with Gasteiger partial charge in [-0.25, -0.2) is 0 Å². The highest BCUT2D eigenvalue weighted by atomic mass is 31.2. The summed E-state index contributed by atoms with van der Waals surface area (Å²) in [5, 5.41) is 20.4. The second-order valence-corrected chi connectivity index (χ2v) is 8.67. The van der Waals surface area contributed by atoms with Gasteiger partial charge >= 0.3 is 7.60 Å². The molecule has 0 bridgehead atoms. The van der Waals surface area contributed by atoms with E-state index in [1.54, 1.807) is 0 Å². The van der Waals surface area contributed by atoms with Crippen molar-refractivity contribution in [3.05, 3.63) is 71.8 Å². The molecule has 7 nitrogen and oxygen atoms in total. The van der Waals surface area contributed by atoms with Crippen LogP contribution in [-0.4, -0.2) is 48.1 Å². The van der Waals surface area contributed by atoms with Crippen molar-refractivity contribution in [3.8, 4) is 0 Å². The summed E-state index contributed by atoms with van der Waals surface area (Å²) >= 11 is 0. The van der Waals surface area contributed by atoms with Crippen LogP contribution < -0.4 is 0 Å². The first-order valence-electron chi connectivity index (χ1n) is 9.01. The second kappa shape index (κ2) is 9.76. The van der Waals surface area contributed by atoms with Crippen molar-refractivity contribution in [1.29, 1.82) is 0 Å². The number of ether oxygens (including phenoxy) is 2. The monoisotopic (exact) mass is 408 g/mol. The molecule has 3 rings (SSSR count). The van der Waals surface area contributed by atoms with E-state index < -0.39 is 38.4 Å². The lowest BCUT2D eigenvalue weighted by molar-refractivity contribution is -0.176. The number of rotatable bonds is 8. The Morgan fingerprint density at radius 3 is 1.89 bits per heavy atom. The van der Waals surface area contributed by atoms with Gasteiger partial charge in [-0.1, -0.05) is 60.7 Å². The highest BCUT2D eigenvalue weighted by Crippen LogP contribution is 2.58. The average Bonchev–Trinajstić information content (AvgIpc) is 2.75. The van der Waals surface area contributed by atoms with E-state index >= 15 is 0 Å². The van der Waals surface area contributed by atoms with Crippen molar-refractivity contribution < 1.29 is 33.3 Å². The Morgan fingerprint density at radius 1 is 0.929 bits per heavy atom. The molecule has 2 aromatic carbocycles. The average molecular weight is 408 g/mol. The molecule has 0 radical (unpaired) electrons. The summed E-state index contributed by atoms with van der Waals surface area (Å²) in [5.41, 5.74) is 1.80. The fourth-order valence-corrected chi connectivity index (χ4v) is 4.68. The molecule has 0 aliphatic carbocycles. The van der Waals surface area contributed by atoms with Crippen molar-refractivity contribution in [1.82, 2.24) is 0 Å². The predicted molar refractivity (Wildman–Crippen MR) is 103 cm³/mol. The molecule has 1 aliphatic heterocycles. The fourth-order valence-electron chi connectivity index (χ4n) is 3.08. The topological polar surface area (TPSA) is 94.5 Å². The lowest BCUT2D eigenvalue weighted by Gasteiger charge is -2.42. The van der Waals surface area contributed by atoms with Crippen molar-refractivity contribution in [3.63, 3.8) is 0 Å². The van der Waals surface area contributed by atoms with Gasteiger partial charge in [-0.3, -0.25) is 9.09 Å². The zero-order valence-corrected chi connectivity index (χ0v) is 16.5. The molecule has 1 fully saturated rings. The van der Waals surface area contributed by atoms with Crippen LogP contribution in [0, 0.1) is 0 Å². The molecular weight excluding hydrogens is 383 g/mol. The Kier molecular flexibility index (Phi) is 7.37. The minimum Gasteiger partial charge on any atom is -0.394 e. The van der Waals surface area contributed by atoms with E-state index in [0.29, 0.717) is 0 Å². The molecular formula is C20H25O7P. The van der Waals surface area contributed by atoms with Gasteiger partial charge in [0.2, 0.25) is 0 Å². The van der Waals surface area contributed by atoms with Crippen LogP contribution in [0.1, 0.15) is 11.1 Å². The highest BCUT2D eigenvalue weighted by Gasteiger charge is 2.53. The Morgan fingerprint density at radius 2 is 1.43 bits per heavy atom. The van der Waals surface area contributed by atoms with Gasteiger partial charge < -0.3 is 24.2 Å². The highest BCUT2D eigenvalue weighted by molar-refractivity contribution is 7.54. The molecule has 1 saturated heterocycles. The van der Waals surface area contributed by atoms with Gasteiger partial charge in [-0.2, -0.15) is 0 Å². The van der Waals surface area contributed by atoms with Gasteiger partial charge in [0.15, 0.2) is 5.85 Å². The minimum absolute atomic E-state index is 0.176. The van der Waals surface area contributed by atoms with E-state index in [-0.39, 0.29) is 13.2 Å². The Labute approximate surface area is 164 Å². The van der Waals surface area contributed by atoms with E-state index in [4.69, 9.17) is 18.5 Å². The number of aliphatic hydroxyl groups excluding tert-OH is 2. The summed E-state index contributed by atoms with van der Waals surface area (Å²) in [4.78, 5) is 0. The smallest absolute Gasteiger partial charge is 0.361 e. The molecule has 1 heterocycles. The van der Waals surface area contributed by atoms with Crippen LogP contribution >= 0.6 is 7.60 Å². The summed E-state index contributed by atoms with van der Waals surface area (Å²) in [6.07, 6.45) is -2.79. The van der Waals surface area contributed by atoms with Crippen LogP contribution in [0.4, 0.5) is 0 Å². The minimum atomic E-state index is -3.88. The summed E-state index contributed by atoms with van der Waals surface area (Å²) in [6, 6.07) is 18.9. The lowest BCUT2D eigenvalue weighted by Crippen LogP contribution is -2.54. The quantitative estimate of drug-likeness (QED) is 0.649. The lowest BCUT2D eigenvalue weighted by atomic mass is 10.1. The molecule has 0 unspecified atom stereocenters. The maximum absolute atomic E-state index is 12.8. The zero-order chi connectivity index (χ0) is 20.0. The molecule has 5 atom stereocenters. The molecule has 1 aliphatic rings. The van der Waals surface area contributed by atoms with E-state index in [9.17, 15) is 14.8 Å². The van der Waals surface area contributed by atoms with Crippen LogP contribution in [0.2, 0.25) is 0 Å². The molecule has 8 heteroatoms. The normalized spacial score (nSPS) is 30.2. The standard InChI is InChI=1S/C20H25O7P/c1-24-28(23)20(22)19(26-14-16-10-6-3-7-11-16)18(17(12-21)27-28)25-13-15-8-4-2-5-9-15/h2-11,17-22H,12-14H2,1H3/t17-,18-,19+,20-,28-/m1/s1. The summed E-state index contributed by atoms with van der Waals surface area (Å²) < 4.78 is 35.0. The van der Waals surface area contributed by atoms with Crippen molar-refractivity contribution in [2.45, 2.75) is 37.4 Å². The summed E-state index contributed by atoms with van der Waals surface area (Å²) in [5.74, 6) is -1.54. The van der Waals surface area contributed by atoms with Crippen LogP contribution in [0.25, 0.3) is 0 Å². The molecule has 2 aromatic rings. The Balaban J connectivity index is 1.79. The van der Waals surface area contributed by atoms with Crippen molar-refractivity contribution in [2.75, 3.05) is 13.7 Å². The van der Waals surface area contributed by atoms with Gasteiger partial charge in [0.25, 0.3) is 0 Å². The van der Waals surface area contributed by atoms with Crippen LogP contribution in [0.15, 0.2) is 60.7 Å². The van der Waals surface area contributed by atoms with Crippen LogP contribution in [0.3, 0.4) is 0 Å². The first-order chi connectivity index (χ1) is 13.6. The van der Waals surface area contributed by atoms with Gasteiger partial charge in [-0.15, -0.1) is 0 Å². The summed E-state index contributed by atoms with van der Waals surface area (Å²) in [6.45, 7) is -0.0546. The molecule has 0 aromatic heterocycles. The number of benzene rings is 2.